The molecule has 3 aromatic rings. The van der Waals surface area contributed by atoms with Gasteiger partial charge >= 0.3 is 0 Å². The van der Waals surface area contributed by atoms with E-state index in [0.717, 1.165) is 23.3 Å². The molecular formula is C19H20N4O2S. The van der Waals surface area contributed by atoms with Crippen molar-refractivity contribution in [2.75, 3.05) is 0 Å². The molecule has 0 radical (unpaired) electrons. The highest BCUT2D eigenvalue weighted by Crippen LogP contribution is 2.14. The highest BCUT2D eigenvalue weighted by Gasteiger charge is 2.16. The number of unbranched alkanes of at least 4 members (excludes halogenated alkanes) is 1. The summed E-state index contributed by atoms with van der Waals surface area (Å²) in [6.07, 6.45) is 3.38. The number of amides is 1. The number of nitrogens with one attached hydrogen (secondary N) is 1. The van der Waals surface area contributed by atoms with E-state index < -0.39 is 5.91 Å². The predicted molar refractivity (Wildman–Crippen MR) is 105 cm³/mol. The van der Waals surface area contributed by atoms with Gasteiger partial charge in [-0.1, -0.05) is 31.5 Å². The summed E-state index contributed by atoms with van der Waals surface area (Å²) >= 11 is 1.55. The minimum Gasteiger partial charge on any atom is -0.267 e. The number of rotatable bonds is 6. The number of thiophene rings is 1. The first-order chi connectivity index (χ1) is 12.6. The second kappa shape index (κ2) is 8.05. The van der Waals surface area contributed by atoms with Gasteiger partial charge in [0.15, 0.2) is 5.69 Å². The van der Waals surface area contributed by atoms with Crippen molar-refractivity contribution in [1.29, 1.82) is 0 Å². The second-order valence-corrected chi connectivity index (χ2v) is 6.89. The third kappa shape index (κ3) is 3.72. The highest BCUT2D eigenvalue weighted by molar-refractivity contribution is 7.11. The molecule has 26 heavy (non-hydrogen) atoms. The van der Waals surface area contributed by atoms with Gasteiger partial charge in [-0.3, -0.25) is 9.59 Å². The number of aromatic nitrogens is 2. The van der Waals surface area contributed by atoms with Crippen molar-refractivity contribution >= 4 is 34.2 Å². The Balaban J connectivity index is 1.93. The van der Waals surface area contributed by atoms with E-state index in [9.17, 15) is 9.59 Å². The largest absolute Gasteiger partial charge is 0.292 e. The van der Waals surface area contributed by atoms with Crippen LogP contribution in [0.15, 0.2) is 45.6 Å². The molecule has 0 spiro atoms. The van der Waals surface area contributed by atoms with E-state index in [0.29, 0.717) is 17.3 Å². The van der Waals surface area contributed by atoms with Crippen molar-refractivity contribution < 1.29 is 4.79 Å². The number of aryl methyl sites for hydroxylation is 2. The maximum absolute atomic E-state index is 12.6. The first-order valence-corrected chi connectivity index (χ1v) is 9.37. The molecule has 0 unspecified atom stereocenters. The van der Waals surface area contributed by atoms with Gasteiger partial charge in [-0.15, -0.1) is 11.3 Å². The number of fused-ring (bicyclic) bond motifs is 1. The average Bonchev–Trinajstić information content (AvgIpc) is 3.06. The molecule has 1 aromatic carbocycles. The summed E-state index contributed by atoms with van der Waals surface area (Å²) in [4.78, 5) is 26.1. The van der Waals surface area contributed by atoms with Crippen molar-refractivity contribution in [2.45, 2.75) is 33.2 Å². The Morgan fingerprint density at radius 1 is 1.31 bits per heavy atom. The highest BCUT2D eigenvalue weighted by atomic mass is 32.1. The fourth-order valence-electron chi connectivity index (χ4n) is 2.58. The molecule has 2 aromatic heterocycles. The standard InChI is InChI=1S/C19H20N4O2S/c1-3-4-10-23-19(25)15-8-6-5-7-14(15)17(22-23)18(24)21-20-12-16-13(2)9-11-26-16/h5-9,11-12H,3-4,10H2,1-2H3,(H,21,24)/b20-12-. The normalized spacial score (nSPS) is 11.3. The van der Waals surface area contributed by atoms with E-state index in [4.69, 9.17) is 0 Å². The zero-order valence-corrected chi connectivity index (χ0v) is 15.5. The molecule has 1 amide bonds. The number of carbonyl (C=O) groups excluding carboxylic acids is 1. The summed E-state index contributed by atoms with van der Waals surface area (Å²) in [6, 6.07) is 9.02. The molecule has 0 saturated heterocycles. The van der Waals surface area contributed by atoms with Crippen LogP contribution in [0.1, 0.15) is 40.7 Å². The zero-order valence-electron chi connectivity index (χ0n) is 14.7. The van der Waals surface area contributed by atoms with Crippen LogP contribution >= 0.6 is 11.3 Å². The summed E-state index contributed by atoms with van der Waals surface area (Å²) in [5, 5.41) is 11.3. The van der Waals surface area contributed by atoms with Gasteiger partial charge in [0.25, 0.3) is 11.5 Å². The lowest BCUT2D eigenvalue weighted by Gasteiger charge is -2.09. The van der Waals surface area contributed by atoms with Gasteiger partial charge in [-0.05, 0) is 36.4 Å². The van der Waals surface area contributed by atoms with E-state index in [1.54, 1.807) is 41.8 Å². The Kier molecular flexibility index (Phi) is 5.58. The molecule has 0 aliphatic rings. The lowest BCUT2D eigenvalue weighted by atomic mass is 10.1. The third-order valence-corrected chi connectivity index (χ3v) is 5.01. The van der Waals surface area contributed by atoms with Crippen molar-refractivity contribution in [3.63, 3.8) is 0 Å². The van der Waals surface area contributed by atoms with Crippen molar-refractivity contribution in [3.8, 4) is 0 Å². The summed E-state index contributed by atoms with van der Waals surface area (Å²) in [7, 11) is 0. The van der Waals surface area contributed by atoms with E-state index in [-0.39, 0.29) is 11.3 Å². The zero-order chi connectivity index (χ0) is 18.5. The van der Waals surface area contributed by atoms with Crippen LogP contribution < -0.4 is 11.0 Å². The first-order valence-electron chi connectivity index (χ1n) is 8.49. The van der Waals surface area contributed by atoms with Gasteiger partial charge < -0.3 is 0 Å². The van der Waals surface area contributed by atoms with Crippen LogP contribution in [0.25, 0.3) is 10.8 Å². The van der Waals surface area contributed by atoms with Gasteiger partial charge in [0.1, 0.15) is 0 Å². The molecule has 0 aliphatic carbocycles. The quantitative estimate of drug-likeness (QED) is 0.535. The first kappa shape index (κ1) is 18.0. The van der Waals surface area contributed by atoms with Crippen LogP contribution in [0, 0.1) is 6.92 Å². The van der Waals surface area contributed by atoms with E-state index in [1.165, 1.54) is 4.68 Å². The van der Waals surface area contributed by atoms with Gasteiger partial charge in [0, 0.05) is 16.8 Å². The minimum absolute atomic E-state index is 0.177. The van der Waals surface area contributed by atoms with Gasteiger partial charge in [0.2, 0.25) is 0 Å². The molecule has 0 saturated carbocycles. The van der Waals surface area contributed by atoms with Crippen LogP contribution in [0.3, 0.4) is 0 Å². The number of nitrogens with zero attached hydrogens (tertiary/aromatic N) is 3. The Labute approximate surface area is 155 Å². The van der Waals surface area contributed by atoms with Crippen LogP contribution in [-0.4, -0.2) is 21.9 Å². The van der Waals surface area contributed by atoms with Crippen molar-refractivity contribution in [2.24, 2.45) is 5.10 Å². The van der Waals surface area contributed by atoms with Gasteiger partial charge in [-0.25, -0.2) is 10.1 Å². The SMILES string of the molecule is CCCCn1nc(C(=O)N/N=C\c2sccc2C)c2ccccc2c1=O. The second-order valence-electron chi connectivity index (χ2n) is 5.94. The number of benzene rings is 1. The van der Waals surface area contributed by atoms with Crippen molar-refractivity contribution in [1.82, 2.24) is 15.2 Å². The van der Waals surface area contributed by atoms with E-state index in [1.807, 2.05) is 25.3 Å². The van der Waals surface area contributed by atoms with Gasteiger partial charge in [0.05, 0.1) is 11.6 Å². The number of hydrazone groups is 1. The molecule has 3 rings (SSSR count). The van der Waals surface area contributed by atoms with Crippen molar-refractivity contribution in [3.05, 3.63) is 62.2 Å². The van der Waals surface area contributed by atoms with Gasteiger partial charge in [-0.2, -0.15) is 10.2 Å². The fourth-order valence-corrected chi connectivity index (χ4v) is 3.37. The van der Waals surface area contributed by atoms with Crippen LogP contribution in [-0.2, 0) is 6.54 Å². The Hall–Kier alpha value is -2.80. The minimum atomic E-state index is -0.433. The third-order valence-electron chi connectivity index (χ3n) is 4.06. The molecule has 0 bridgehead atoms. The van der Waals surface area contributed by atoms with Crippen LogP contribution in [0.4, 0.5) is 0 Å². The summed E-state index contributed by atoms with van der Waals surface area (Å²) in [5.74, 6) is -0.433. The molecule has 0 atom stereocenters. The Bertz CT molecular complexity index is 1020. The molecule has 1 N–H and O–H groups in total. The maximum Gasteiger partial charge on any atom is 0.292 e. The summed E-state index contributed by atoms with van der Waals surface area (Å²) in [6.45, 7) is 4.51. The lowest BCUT2D eigenvalue weighted by molar-refractivity contribution is 0.0949. The average molecular weight is 368 g/mol. The lowest BCUT2D eigenvalue weighted by Crippen LogP contribution is -2.29. The Morgan fingerprint density at radius 2 is 2.08 bits per heavy atom. The molecule has 134 valence electrons. The number of hydrogen-bond acceptors (Lipinski definition) is 5. The van der Waals surface area contributed by atoms with E-state index >= 15 is 0 Å². The maximum atomic E-state index is 12.6. The predicted octanol–water partition coefficient (Wildman–Crippen LogP) is 3.33. The van der Waals surface area contributed by atoms with Crippen LogP contribution in [0.5, 0.6) is 0 Å². The molecular weight excluding hydrogens is 348 g/mol. The Morgan fingerprint density at radius 3 is 2.77 bits per heavy atom. The topological polar surface area (TPSA) is 76.3 Å². The van der Waals surface area contributed by atoms with Crippen LogP contribution in [0.2, 0.25) is 0 Å². The monoisotopic (exact) mass is 368 g/mol. The molecule has 6 nitrogen and oxygen atoms in total. The summed E-state index contributed by atoms with van der Waals surface area (Å²) < 4.78 is 1.37. The number of carbonyl (C=O) groups is 1. The molecule has 0 fully saturated rings. The molecule has 7 heteroatoms. The smallest absolute Gasteiger partial charge is 0.267 e. The summed E-state index contributed by atoms with van der Waals surface area (Å²) in [5.41, 5.74) is 3.65. The molecule has 0 aliphatic heterocycles. The molecule has 2 heterocycles. The van der Waals surface area contributed by atoms with E-state index in [2.05, 4.69) is 15.6 Å². The number of hydrogen-bond donors (Lipinski definition) is 1. The fraction of sp³-hybridized carbons (Fsp3) is 0.263.